The molecule has 1 atom stereocenters. The Kier molecular flexibility index (Phi) is 6.86. The molecule has 8 nitrogen and oxygen atoms in total. The third kappa shape index (κ3) is 5.45. The summed E-state index contributed by atoms with van der Waals surface area (Å²) in [7, 11) is 0. The average Bonchev–Trinajstić information content (AvgIpc) is 3.14. The lowest BCUT2D eigenvalue weighted by molar-refractivity contribution is -0.119. The number of benzene rings is 1. The molecule has 1 fully saturated rings. The van der Waals surface area contributed by atoms with E-state index in [1.54, 1.807) is 12.1 Å². The molecule has 1 aromatic heterocycles. The van der Waals surface area contributed by atoms with Crippen molar-refractivity contribution in [3.8, 4) is 11.4 Å². The Labute approximate surface area is 169 Å². The molecule has 1 aliphatic rings. The van der Waals surface area contributed by atoms with Crippen molar-refractivity contribution in [1.29, 1.82) is 0 Å². The van der Waals surface area contributed by atoms with Gasteiger partial charge in [0.15, 0.2) is 5.96 Å². The van der Waals surface area contributed by atoms with Crippen LogP contribution in [0.5, 0.6) is 0 Å². The van der Waals surface area contributed by atoms with Gasteiger partial charge in [-0.15, -0.1) is 0 Å². The lowest BCUT2D eigenvalue weighted by atomic mass is 9.95. The van der Waals surface area contributed by atoms with E-state index in [4.69, 9.17) is 21.9 Å². The highest BCUT2D eigenvalue weighted by Gasteiger charge is 2.23. The van der Waals surface area contributed by atoms with Gasteiger partial charge in [-0.3, -0.25) is 4.79 Å². The minimum atomic E-state index is -0.256. The number of carbonyl (C=O) groups is 1. The van der Waals surface area contributed by atoms with E-state index in [-0.39, 0.29) is 18.4 Å². The second-order valence-corrected chi connectivity index (χ2v) is 7.25. The van der Waals surface area contributed by atoms with Crippen LogP contribution in [0.15, 0.2) is 33.8 Å². The van der Waals surface area contributed by atoms with E-state index in [1.165, 1.54) is 0 Å². The molecule has 1 aromatic carbocycles. The highest BCUT2D eigenvalue weighted by atomic mass is 35.5. The average molecular weight is 405 g/mol. The molecule has 1 aliphatic heterocycles. The van der Waals surface area contributed by atoms with Gasteiger partial charge in [0.1, 0.15) is 6.54 Å². The normalized spacial score (nSPS) is 17.6. The first-order valence-corrected chi connectivity index (χ1v) is 9.83. The fourth-order valence-corrected chi connectivity index (χ4v) is 3.53. The summed E-state index contributed by atoms with van der Waals surface area (Å²) in [6.45, 7) is 4.68. The third-order valence-electron chi connectivity index (χ3n) is 4.56. The van der Waals surface area contributed by atoms with Crippen LogP contribution in [0.4, 0.5) is 0 Å². The summed E-state index contributed by atoms with van der Waals surface area (Å²) >= 11 is 6.02. The van der Waals surface area contributed by atoms with Crippen molar-refractivity contribution < 1.29 is 9.32 Å². The molecule has 1 amide bonds. The van der Waals surface area contributed by atoms with Gasteiger partial charge in [0, 0.05) is 36.6 Å². The van der Waals surface area contributed by atoms with Gasteiger partial charge >= 0.3 is 0 Å². The summed E-state index contributed by atoms with van der Waals surface area (Å²) < 4.78 is 5.33. The first kappa shape index (κ1) is 20.1. The van der Waals surface area contributed by atoms with Crippen LogP contribution in [0.1, 0.15) is 32.1 Å². The van der Waals surface area contributed by atoms with Crippen molar-refractivity contribution in [1.82, 2.24) is 20.4 Å². The maximum Gasteiger partial charge on any atom is 0.248 e. The molecule has 3 rings (SSSR count). The Hall–Kier alpha value is -2.61. The summed E-state index contributed by atoms with van der Waals surface area (Å²) in [5.74, 6) is 1.69. The van der Waals surface area contributed by atoms with Crippen molar-refractivity contribution >= 4 is 23.5 Å². The first-order chi connectivity index (χ1) is 13.5. The fraction of sp³-hybridized carbons (Fsp3) is 0.474. The fourth-order valence-electron chi connectivity index (χ4n) is 3.34. The van der Waals surface area contributed by atoms with E-state index in [1.807, 2.05) is 19.1 Å². The lowest BCUT2D eigenvalue weighted by Gasteiger charge is -2.34. The van der Waals surface area contributed by atoms with E-state index < -0.39 is 0 Å². The molecule has 1 saturated heterocycles. The SMILES string of the molecule is CCNC(=NCc1nc(-c2cccc(Cl)c2)no1)N1CCCC(CC(N)=O)C1. The van der Waals surface area contributed by atoms with Crippen molar-refractivity contribution in [3.05, 3.63) is 35.2 Å². The quantitative estimate of drug-likeness (QED) is 0.565. The molecule has 2 heterocycles. The maximum atomic E-state index is 11.2. The number of nitrogens with zero attached hydrogens (tertiary/aromatic N) is 4. The van der Waals surface area contributed by atoms with Crippen molar-refractivity contribution in [2.45, 2.75) is 32.7 Å². The Morgan fingerprint density at radius 2 is 2.36 bits per heavy atom. The van der Waals surface area contributed by atoms with Crippen molar-refractivity contribution in [2.75, 3.05) is 19.6 Å². The molecule has 0 aliphatic carbocycles. The summed E-state index contributed by atoms with van der Waals surface area (Å²) in [6.07, 6.45) is 2.41. The Bertz CT molecular complexity index is 837. The lowest BCUT2D eigenvalue weighted by Crippen LogP contribution is -2.47. The minimum absolute atomic E-state index is 0.256. The van der Waals surface area contributed by atoms with Gasteiger partial charge in [-0.2, -0.15) is 4.98 Å². The van der Waals surface area contributed by atoms with Crippen LogP contribution in [0, 0.1) is 5.92 Å². The number of primary amides is 1. The molecule has 1 unspecified atom stereocenters. The smallest absolute Gasteiger partial charge is 0.248 e. The van der Waals surface area contributed by atoms with Crippen molar-refractivity contribution in [2.24, 2.45) is 16.6 Å². The molecule has 3 N–H and O–H groups in total. The van der Waals surface area contributed by atoms with E-state index in [2.05, 4.69) is 25.3 Å². The van der Waals surface area contributed by atoms with E-state index >= 15 is 0 Å². The number of aliphatic imine (C=N–C) groups is 1. The molecule has 9 heteroatoms. The summed E-state index contributed by atoms with van der Waals surface area (Å²) in [4.78, 5) is 22.4. The number of hydrogen-bond acceptors (Lipinski definition) is 5. The number of nitrogens with one attached hydrogen (secondary N) is 1. The zero-order valence-electron chi connectivity index (χ0n) is 15.9. The van der Waals surface area contributed by atoms with Crippen LogP contribution in [0.2, 0.25) is 5.02 Å². The Balaban J connectivity index is 1.68. The first-order valence-electron chi connectivity index (χ1n) is 9.45. The Morgan fingerprint density at radius 1 is 1.50 bits per heavy atom. The summed E-state index contributed by atoms with van der Waals surface area (Å²) in [6, 6.07) is 7.30. The number of piperidine rings is 1. The van der Waals surface area contributed by atoms with E-state index in [0.29, 0.717) is 23.2 Å². The predicted molar refractivity (Wildman–Crippen MR) is 108 cm³/mol. The molecule has 2 aromatic rings. The number of guanidine groups is 1. The van der Waals surface area contributed by atoms with Crippen LogP contribution >= 0.6 is 11.6 Å². The van der Waals surface area contributed by atoms with Gasteiger partial charge in [-0.05, 0) is 37.8 Å². The molecule has 0 bridgehead atoms. The van der Waals surface area contributed by atoms with Gasteiger partial charge in [0.2, 0.25) is 17.6 Å². The highest BCUT2D eigenvalue weighted by molar-refractivity contribution is 6.30. The summed E-state index contributed by atoms with van der Waals surface area (Å²) in [5, 5.41) is 7.92. The number of aromatic nitrogens is 2. The van der Waals surface area contributed by atoms with Crippen LogP contribution in [-0.2, 0) is 11.3 Å². The number of rotatable bonds is 6. The van der Waals surface area contributed by atoms with E-state index in [0.717, 1.165) is 44.0 Å². The van der Waals surface area contributed by atoms with Crippen LogP contribution in [0.25, 0.3) is 11.4 Å². The highest BCUT2D eigenvalue weighted by Crippen LogP contribution is 2.21. The molecule has 28 heavy (non-hydrogen) atoms. The van der Waals surface area contributed by atoms with Gasteiger partial charge < -0.3 is 20.5 Å². The second kappa shape index (κ2) is 9.54. The number of carbonyl (C=O) groups excluding carboxylic acids is 1. The second-order valence-electron chi connectivity index (χ2n) is 6.82. The molecule has 0 saturated carbocycles. The van der Waals surface area contributed by atoms with Crippen molar-refractivity contribution in [3.63, 3.8) is 0 Å². The monoisotopic (exact) mass is 404 g/mol. The van der Waals surface area contributed by atoms with Gasteiger partial charge in [0.05, 0.1) is 0 Å². The van der Waals surface area contributed by atoms with Crippen LogP contribution in [0.3, 0.4) is 0 Å². The third-order valence-corrected chi connectivity index (χ3v) is 4.79. The standard InChI is InChI=1S/C19H25ClN6O2/c1-2-22-19(26-8-4-5-13(12-26)9-16(21)27)23-11-17-24-18(25-28-17)14-6-3-7-15(20)10-14/h3,6-7,10,13H,2,4-5,8-9,11-12H2,1H3,(H2,21,27)(H,22,23). The molecule has 150 valence electrons. The number of halogens is 1. The van der Waals surface area contributed by atoms with Gasteiger partial charge in [0.25, 0.3) is 0 Å². The molecular weight excluding hydrogens is 380 g/mol. The summed E-state index contributed by atoms with van der Waals surface area (Å²) in [5.41, 5.74) is 6.15. The predicted octanol–water partition coefficient (Wildman–Crippen LogP) is 2.44. The number of hydrogen-bond donors (Lipinski definition) is 2. The number of likely N-dealkylation sites (tertiary alicyclic amines) is 1. The number of amides is 1. The van der Waals surface area contributed by atoms with E-state index in [9.17, 15) is 4.79 Å². The van der Waals surface area contributed by atoms with Crippen LogP contribution < -0.4 is 11.1 Å². The minimum Gasteiger partial charge on any atom is -0.370 e. The van der Waals surface area contributed by atoms with Gasteiger partial charge in [-0.1, -0.05) is 28.9 Å². The molecule has 0 radical (unpaired) electrons. The Morgan fingerprint density at radius 3 is 3.11 bits per heavy atom. The zero-order chi connectivity index (χ0) is 19.9. The number of nitrogens with two attached hydrogens (primary N) is 1. The zero-order valence-corrected chi connectivity index (χ0v) is 16.7. The molecule has 0 spiro atoms. The molecular formula is C19H25ClN6O2. The maximum absolute atomic E-state index is 11.2. The topological polar surface area (TPSA) is 110 Å². The largest absolute Gasteiger partial charge is 0.370 e. The van der Waals surface area contributed by atoms with Crippen LogP contribution in [-0.4, -0.2) is 46.5 Å². The van der Waals surface area contributed by atoms with Gasteiger partial charge in [-0.25, -0.2) is 4.99 Å².